The average molecular weight is 681 g/mol. The van der Waals surface area contributed by atoms with Gasteiger partial charge in [-0.1, -0.05) is 121 Å². The molecule has 4 heterocycles. The molecule has 11 aromatic rings. The third-order valence-electron chi connectivity index (χ3n) is 10.2. The van der Waals surface area contributed by atoms with Crippen LogP contribution >= 0.6 is 11.3 Å². The SMILES string of the molecule is c1ccc(-c2cccc(-c3nc(-c4cccc(-n5c6ccccc6c6c7ccccc7c7c8ccccc8sc7c65)c4)nc4cccnc34)c2)cc1. The van der Waals surface area contributed by atoms with Crippen molar-refractivity contribution in [2.24, 2.45) is 0 Å². The van der Waals surface area contributed by atoms with E-state index >= 15 is 0 Å². The van der Waals surface area contributed by atoms with E-state index in [0.717, 1.165) is 44.7 Å². The predicted octanol–water partition coefficient (Wildman–Crippen LogP) is 12.6. The van der Waals surface area contributed by atoms with Gasteiger partial charge in [0, 0.05) is 49.3 Å². The lowest BCUT2D eigenvalue weighted by Gasteiger charge is -2.13. The normalized spacial score (nSPS) is 11.8. The van der Waals surface area contributed by atoms with E-state index in [0.29, 0.717) is 5.82 Å². The molecular formula is C47H28N4S. The van der Waals surface area contributed by atoms with Gasteiger partial charge >= 0.3 is 0 Å². The Morgan fingerprint density at radius 1 is 0.481 bits per heavy atom. The first-order chi connectivity index (χ1) is 25.8. The molecular weight excluding hydrogens is 653 g/mol. The molecule has 0 aliphatic heterocycles. The van der Waals surface area contributed by atoms with Crippen LogP contribution < -0.4 is 0 Å². The van der Waals surface area contributed by atoms with Crippen molar-refractivity contribution in [1.29, 1.82) is 0 Å². The van der Waals surface area contributed by atoms with E-state index in [9.17, 15) is 0 Å². The number of nitrogens with zero attached hydrogens (tertiary/aromatic N) is 4. The van der Waals surface area contributed by atoms with Crippen LogP contribution in [0.25, 0.3) is 103 Å². The summed E-state index contributed by atoms with van der Waals surface area (Å²) in [7, 11) is 0. The van der Waals surface area contributed by atoms with Crippen LogP contribution in [-0.4, -0.2) is 19.5 Å². The van der Waals surface area contributed by atoms with Crippen LogP contribution in [-0.2, 0) is 0 Å². The number of aromatic nitrogens is 4. The van der Waals surface area contributed by atoms with Crippen LogP contribution in [0.1, 0.15) is 0 Å². The fourth-order valence-electron chi connectivity index (χ4n) is 7.95. The van der Waals surface area contributed by atoms with Crippen molar-refractivity contribution >= 4 is 75.1 Å². The molecule has 0 spiro atoms. The molecule has 7 aromatic carbocycles. The van der Waals surface area contributed by atoms with Crippen LogP contribution in [0.3, 0.4) is 0 Å². The van der Waals surface area contributed by atoms with E-state index in [2.05, 4.69) is 150 Å². The standard InChI is InChI=1S/C47H28N4S/c1-2-13-29(14-3-1)30-15-10-16-31(27-30)43-44-38(23-12-26-48-44)49-47(50-43)32-17-11-18-33(28-32)51-39-24-8-6-21-36(39)41-34-19-4-5-20-35(34)42-37-22-7-9-25-40(37)52-46(42)45(41)51/h1-28H. The first-order valence-corrected chi connectivity index (χ1v) is 18.3. The maximum atomic E-state index is 5.26. The highest BCUT2D eigenvalue weighted by Gasteiger charge is 2.22. The molecule has 0 radical (unpaired) electrons. The summed E-state index contributed by atoms with van der Waals surface area (Å²) < 4.78 is 5.04. The van der Waals surface area contributed by atoms with E-state index in [1.807, 2.05) is 35.7 Å². The number of pyridine rings is 1. The number of para-hydroxylation sites is 1. The van der Waals surface area contributed by atoms with Crippen molar-refractivity contribution in [1.82, 2.24) is 19.5 Å². The molecule has 0 saturated carbocycles. The third-order valence-corrected chi connectivity index (χ3v) is 11.4. The summed E-state index contributed by atoms with van der Waals surface area (Å²) >= 11 is 1.88. The minimum Gasteiger partial charge on any atom is -0.308 e. The molecule has 0 aliphatic carbocycles. The number of rotatable bonds is 4. The summed E-state index contributed by atoms with van der Waals surface area (Å²) in [5, 5.41) is 7.70. The van der Waals surface area contributed by atoms with Gasteiger partial charge in [-0.05, 0) is 64.4 Å². The van der Waals surface area contributed by atoms with Crippen LogP contribution in [0.15, 0.2) is 170 Å². The molecule has 11 rings (SSSR count). The second-order valence-electron chi connectivity index (χ2n) is 13.2. The highest BCUT2D eigenvalue weighted by atomic mass is 32.1. The molecule has 242 valence electrons. The topological polar surface area (TPSA) is 43.6 Å². The molecule has 0 aliphatic rings. The number of thiophene rings is 1. The zero-order valence-electron chi connectivity index (χ0n) is 27.9. The van der Waals surface area contributed by atoms with Crippen molar-refractivity contribution in [2.45, 2.75) is 0 Å². The Labute approximate surface area is 302 Å². The Bertz CT molecular complexity index is 3190. The predicted molar refractivity (Wildman–Crippen MR) is 218 cm³/mol. The Morgan fingerprint density at radius 2 is 1.17 bits per heavy atom. The smallest absolute Gasteiger partial charge is 0.160 e. The molecule has 0 N–H and O–H groups in total. The minimum atomic E-state index is 0.667. The number of hydrogen-bond acceptors (Lipinski definition) is 4. The second-order valence-corrected chi connectivity index (χ2v) is 14.2. The van der Waals surface area contributed by atoms with Gasteiger partial charge in [0.1, 0.15) is 11.2 Å². The zero-order chi connectivity index (χ0) is 34.2. The van der Waals surface area contributed by atoms with Crippen LogP contribution in [0.5, 0.6) is 0 Å². The van der Waals surface area contributed by atoms with Gasteiger partial charge in [0.25, 0.3) is 0 Å². The van der Waals surface area contributed by atoms with E-state index in [4.69, 9.17) is 15.0 Å². The van der Waals surface area contributed by atoms with Gasteiger partial charge in [0.05, 0.1) is 21.3 Å². The van der Waals surface area contributed by atoms with Crippen LogP contribution in [0.2, 0.25) is 0 Å². The second kappa shape index (κ2) is 11.4. The van der Waals surface area contributed by atoms with Crippen LogP contribution in [0.4, 0.5) is 0 Å². The summed E-state index contributed by atoms with van der Waals surface area (Å²) in [6.07, 6.45) is 1.82. The Hall–Kier alpha value is -6.69. The molecule has 0 bridgehead atoms. The summed E-state index contributed by atoms with van der Waals surface area (Å²) in [6, 6.07) is 58.1. The Morgan fingerprint density at radius 3 is 2.06 bits per heavy atom. The fraction of sp³-hybridized carbons (Fsp3) is 0. The van der Waals surface area contributed by atoms with E-state index < -0.39 is 0 Å². The van der Waals surface area contributed by atoms with E-state index in [-0.39, 0.29) is 0 Å². The molecule has 4 aromatic heterocycles. The molecule has 52 heavy (non-hydrogen) atoms. The average Bonchev–Trinajstić information content (AvgIpc) is 3.78. The highest BCUT2D eigenvalue weighted by molar-refractivity contribution is 7.27. The lowest BCUT2D eigenvalue weighted by molar-refractivity contribution is 1.17. The largest absolute Gasteiger partial charge is 0.308 e. The molecule has 5 heteroatoms. The van der Waals surface area contributed by atoms with Crippen molar-refractivity contribution in [3.63, 3.8) is 0 Å². The monoisotopic (exact) mass is 680 g/mol. The van der Waals surface area contributed by atoms with Gasteiger partial charge in [-0.25, -0.2) is 9.97 Å². The van der Waals surface area contributed by atoms with Gasteiger partial charge in [0.15, 0.2) is 5.82 Å². The summed E-state index contributed by atoms with van der Waals surface area (Å²) in [5.41, 5.74) is 10.1. The van der Waals surface area contributed by atoms with Gasteiger partial charge in [-0.15, -0.1) is 11.3 Å². The lowest BCUT2D eigenvalue weighted by Crippen LogP contribution is -1.99. The third kappa shape index (κ3) is 4.36. The van der Waals surface area contributed by atoms with Crippen molar-refractivity contribution < 1.29 is 0 Å². The maximum Gasteiger partial charge on any atom is 0.160 e. The quantitative estimate of drug-likeness (QED) is 0.186. The first-order valence-electron chi connectivity index (χ1n) is 17.4. The minimum absolute atomic E-state index is 0.667. The summed E-state index contributed by atoms with van der Waals surface area (Å²) in [6.45, 7) is 0. The number of benzene rings is 7. The van der Waals surface area contributed by atoms with Crippen molar-refractivity contribution in [2.75, 3.05) is 0 Å². The van der Waals surface area contributed by atoms with E-state index in [1.165, 1.54) is 52.8 Å². The van der Waals surface area contributed by atoms with Gasteiger partial charge in [-0.2, -0.15) is 0 Å². The molecule has 0 unspecified atom stereocenters. The summed E-state index contributed by atoms with van der Waals surface area (Å²) in [4.78, 5) is 15.1. The van der Waals surface area contributed by atoms with Crippen molar-refractivity contribution in [3.05, 3.63) is 170 Å². The summed E-state index contributed by atoms with van der Waals surface area (Å²) in [5.74, 6) is 0.667. The van der Waals surface area contributed by atoms with Crippen LogP contribution in [0, 0.1) is 0 Å². The zero-order valence-corrected chi connectivity index (χ0v) is 28.7. The molecule has 0 amide bonds. The van der Waals surface area contributed by atoms with Gasteiger partial charge < -0.3 is 4.57 Å². The number of fused-ring (bicyclic) bond motifs is 11. The Balaban J connectivity index is 1.17. The molecule has 0 fully saturated rings. The fourth-order valence-corrected chi connectivity index (χ4v) is 9.21. The molecule has 4 nitrogen and oxygen atoms in total. The van der Waals surface area contributed by atoms with Gasteiger partial charge in [0.2, 0.25) is 0 Å². The number of hydrogen-bond donors (Lipinski definition) is 0. The Kier molecular flexibility index (Phi) is 6.39. The van der Waals surface area contributed by atoms with Crippen molar-refractivity contribution in [3.8, 4) is 39.5 Å². The van der Waals surface area contributed by atoms with E-state index in [1.54, 1.807) is 0 Å². The maximum absolute atomic E-state index is 5.26. The molecule has 0 saturated heterocycles. The molecule has 0 atom stereocenters. The first kappa shape index (κ1) is 29.1. The van der Waals surface area contributed by atoms with Gasteiger partial charge in [-0.3, -0.25) is 4.98 Å². The lowest BCUT2D eigenvalue weighted by atomic mass is 9.99. The highest BCUT2D eigenvalue weighted by Crippen LogP contribution is 2.48.